The van der Waals surface area contributed by atoms with E-state index in [1.54, 1.807) is 30.3 Å². The van der Waals surface area contributed by atoms with Gasteiger partial charge >= 0.3 is 0 Å². The summed E-state index contributed by atoms with van der Waals surface area (Å²) in [7, 11) is 0. The highest BCUT2D eigenvalue weighted by Crippen LogP contribution is 2.37. The Morgan fingerprint density at radius 3 is 2.26 bits per heavy atom. The Morgan fingerprint density at radius 1 is 0.926 bits per heavy atom. The van der Waals surface area contributed by atoms with Gasteiger partial charge in [-0.25, -0.2) is 0 Å². The van der Waals surface area contributed by atoms with Gasteiger partial charge in [0, 0.05) is 16.7 Å². The fourth-order valence-corrected chi connectivity index (χ4v) is 3.07. The van der Waals surface area contributed by atoms with Crippen molar-refractivity contribution in [2.45, 2.75) is 6.42 Å². The number of aliphatic hydroxyl groups excluding tert-OH is 1. The summed E-state index contributed by atoms with van der Waals surface area (Å²) in [6, 6.07) is 6.82. The Labute approximate surface area is 157 Å². The van der Waals surface area contributed by atoms with Gasteiger partial charge in [0.2, 0.25) is 0 Å². The van der Waals surface area contributed by atoms with Crippen LogP contribution in [-0.2, 0) is 14.2 Å². The van der Waals surface area contributed by atoms with Crippen LogP contribution in [0.25, 0.3) is 0 Å². The lowest BCUT2D eigenvalue weighted by Gasteiger charge is -2.26. The van der Waals surface area contributed by atoms with Gasteiger partial charge in [-0.15, -0.1) is 0 Å². The van der Waals surface area contributed by atoms with E-state index in [1.165, 1.54) is 0 Å². The summed E-state index contributed by atoms with van der Waals surface area (Å²) in [5, 5.41) is 8.62. The first-order valence-electron chi connectivity index (χ1n) is 8.85. The number of aliphatic hydroxyl groups is 1. The summed E-state index contributed by atoms with van der Waals surface area (Å²) in [6.45, 7) is 5.54. The van der Waals surface area contributed by atoms with Crippen molar-refractivity contribution in [2.24, 2.45) is 0 Å². The lowest BCUT2D eigenvalue weighted by molar-refractivity contribution is 0.0179. The van der Waals surface area contributed by atoms with Crippen LogP contribution < -0.4 is 0 Å². The van der Waals surface area contributed by atoms with E-state index < -0.39 is 0 Å². The van der Waals surface area contributed by atoms with Crippen molar-refractivity contribution in [3.05, 3.63) is 70.5 Å². The van der Waals surface area contributed by atoms with Crippen LogP contribution in [0.1, 0.15) is 27.1 Å². The summed E-state index contributed by atoms with van der Waals surface area (Å²) >= 11 is 0. The van der Waals surface area contributed by atoms with Crippen LogP contribution in [0.4, 0.5) is 0 Å². The zero-order valence-electron chi connectivity index (χ0n) is 15.0. The summed E-state index contributed by atoms with van der Waals surface area (Å²) in [4.78, 5) is 25.7. The van der Waals surface area contributed by atoms with Crippen molar-refractivity contribution in [3.63, 3.8) is 0 Å². The molecule has 1 aromatic carbocycles. The van der Waals surface area contributed by atoms with Gasteiger partial charge in [-0.1, -0.05) is 36.9 Å². The van der Waals surface area contributed by atoms with Gasteiger partial charge in [0.05, 0.1) is 38.6 Å². The first-order chi connectivity index (χ1) is 13.1. The molecule has 3 rings (SSSR count). The van der Waals surface area contributed by atoms with Gasteiger partial charge in [0.15, 0.2) is 11.6 Å². The van der Waals surface area contributed by atoms with E-state index >= 15 is 0 Å². The van der Waals surface area contributed by atoms with Gasteiger partial charge in [-0.3, -0.25) is 9.59 Å². The summed E-state index contributed by atoms with van der Waals surface area (Å²) in [5.41, 5.74) is 2.17. The molecule has 2 aliphatic carbocycles. The third-order valence-electron chi connectivity index (χ3n) is 4.34. The van der Waals surface area contributed by atoms with E-state index in [1.807, 2.05) is 0 Å². The molecule has 0 fully saturated rings. The highest BCUT2D eigenvalue weighted by Gasteiger charge is 2.37. The van der Waals surface area contributed by atoms with Gasteiger partial charge in [0.25, 0.3) is 0 Å². The van der Waals surface area contributed by atoms with Crippen LogP contribution in [-0.4, -0.2) is 56.3 Å². The molecule has 0 saturated heterocycles. The smallest absolute Gasteiger partial charge is 0.198 e. The zero-order valence-corrected chi connectivity index (χ0v) is 15.0. The highest BCUT2D eigenvalue weighted by molar-refractivity contribution is 6.31. The Hall–Kier alpha value is -2.54. The maximum atomic E-state index is 12.9. The van der Waals surface area contributed by atoms with Crippen molar-refractivity contribution < 1.29 is 28.9 Å². The molecule has 0 amide bonds. The molecule has 0 unspecified atom stereocenters. The number of allylic oxidation sites excluding steroid dienone is 4. The van der Waals surface area contributed by atoms with Gasteiger partial charge in [0.1, 0.15) is 12.4 Å². The Morgan fingerprint density at radius 2 is 1.56 bits per heavy atom. The average molecular weight is 370 g/mol. The summed E-state index contributed by atoms with van der Waals surface area (Å²) < 4.78 is 16.3. The number of carbonyl (C=O) groups excluding carboxylic acids is 2. The minimum Gasteiger partial charge on any atom is -0.490 e. The molecule has 0 bridgehead atoms. The van der Waals surface area contributed by atoms with Crippen LogP contribution in [0.15, 0.2) is 59.4 Å². The van der Waals surface area contributed by atoms with Crippen molar-refractivity contribution >= 4 is 11.6 Å². The SMILES string of the molecule is C=C1CC=C2C(=O)c3ccccc3C(=O)C2=C1OCCOCCOCCO. The van der Waals surface area contributed by atoms with E-state index in [0.29, 0.717) is 59.8 Å². The van der Waals surface area contributed by atoms with E-state index in [-0.39, 0.29) is 31.4 Å². The molecule has 142 valence electrons. The number of ketones is 2. The molecule has 27 heavy (non-hydrogen) atoms. The summed E-state index contributed by atoms with van der Waals surface area (Å²) in [6.07, 6.45) is 2.21. The molecule has 6 heteroatoms. The quantitative estimate of drug-likeness (QED) is 0.672. The number of rotatable bonds is 9. The second kappa shape index (κ2) is 8.90. The zero-order chi connectivity index (χ0) is 19.2. The number of hydrogen-bond donors (Lipinski definition) is 1. The number of benzene rings is 1. The fourth-order valence-electron chi connectivity index (χ4n) is 3.07. The standard InChI is InChI=1S/C21H22O6/c1-14-6-7-17-18(20(24)16-5-3-2-4-15(16)19(17)23)21(14)27-13-12-26-11-10-25-9-8-22/h2-5,7,22H,1,6,8-13H2. The Bertz CT molecular complexity index is 818. The molecule has 0 radical (unpaired) electrons. The summed E-state index contributed by atoms with van der Waals surface area (Å²) in [5.74, 6) is -0.00260. The van der Waals surface area contributed by atoms with E-state index in [0.717, 1.165) is 0 Å². The number of fused-ring (bicyclic) bond motifs is 2. The molecule has 1 N–H and O–H groups in total. The molecular formula is C21H22O6. The maximum Gasteiger partial charge on any atom is 0.198 e. The number of carbonyl (C=O) groups is 2. The van der Waals surface area contributed by atoms with Gasteiger partial charge in [-0.05, 0) is 12.0 Å². The third-order valence-corrected chi connectivity index (χ3v) is 4.34. The largest absolute Gasteiger partial charge is 0.490 e. The number of Topliss-reactive ketones (excluding diaryl/α,β-unsaturated/α-hetero) is 2. The van der Waals surface area contributed by atoms with Crippen LogP contribution >= 0.6 is 0 Å². The first-order valence-corrected chi connectivity index (χ1v) is 8.85. The van der Waals surface area contributed by atoms with E-state index in [9.17, 15) is 9.59 Å². The first kappa shape index (κ1) is 19.2. The third kappa shape index (κ3) is 4.08. The van der Waals surface area contributed by atoms with Crippen molar-refractivity contribution in [3.8, 4) is 0 Å². The Kier molecular flexibility index (Phi) is 6.34. The predicted octanol–water partition coefficient (Wildman–Crippen LogP) is 2.25. The van der Waals surface area contributed by atoms with Crippen molar-refractivity contribution in [1.82, 2.24) is 0 Å². The lowest BCUT2D eigenvalue weighted by atomic mass is 9.78. The van der Waals surface area contributed by atoms with Crippen molar-refractivity contribution in [1.29, 1.82) is 0 Å². The molecule has 1 aromatic rings. The number of ether oxygens (including phenoxy) is 3. The van der Waals surface area contributed by atoms with Crippen molar-refractivity contribution in [2.75, 3.05) is 39.6 Å². The topological polar surface area (TPSA) is 82.1 Å². The molecular weight excluding hydrogens is 348 g/mol. The lowest BCUT2D eigenvalue weighted by Crippen LogP contribution is -2.27. The van der Waals surface area contributed by atoms with Crippen LogP contribution in [0.3, 0.4) is 0 Å². The molecule has 6 nitrogen and oxygen atoms in total. The maximum absolute atomic E-state index is 12.9. The molecule has 0 heterocycles. The monoisotopic (exact) mass is 370 g/mol. The molecule has 0 saturated carbocycles. The minimum atomic E-state index is -0.217. The molecule has 0 spiro atoms. The average Bonchev–Trinajstić information content (AvgIpc) is 2.69. The molecule has 0 aromatic heterocycles. The minimum absolute atomic E-state index is 0.0200. The van der Waals surface area contributed by atoms with E-state index in [4.69, 9.17) is 19.3 Å². The second-order valence-electron chi connectivity index (χ2n) is 6.13. The molecule has 2 aliphatic rings. The second-order valence-corrected chi connectivity index (χ2v) is 6.13. The predicted molar refractivity (Wildman–Crippen MR) is 98.6 cm³/mol. The normalized spacial score (nSPS) is 16.2. The van der Waals surface area contributed by atoms with Crippen LogP contribution in [0, 0.1) is 0 Å². The van der Waals surface area contributed by atoms with E-state index in [2.05, 4.69) is 6.58 Å². The number of hydrogen-bond acceptors (Lipinski definition) is 6. The fraction of sp³-hybridized carbons (Fsp3) is 0.333. The highest BCUT2D eigenvalue weighted by atomic mass is 16.5. The molecule has 0 aliphatic heterocycles. The van der Waals surface area contributed by atoms with Gasteiger partial charge < -0.3 is 19.3 Å². The van der Waals surface area contributed by atoms with Gasteiger partial charge in [-0.2, -0.15) is 0 Å². The molecule has 0 atom stereocenters. The van der Waals surface area contributed by atoms with Crippen LogP contribution in [0.5, 0.6) is 0 Å². The van der Waals surface area contributed by atoms with Crippen LogP contribution in [0.2, 0.25) is 0 Å². The Balaban J connectivity index is 1.70.